The average Bonchev–Trinajstić information content (AvgIpc) is 2.60. The molecule has 2 rings (SSSR count). The van der Waals surface area contributed by atoms with Gasteiger partial charge in [0.05, 0.1) is 24.3 Å². The van der Waals surface area contributed by atoms with Crippen molar-refractivity contribution in [2.75, 3.05) is 17.7 Å². The van der Waals surface area contributed by atoms with Crippen LogP contribution >= 0.6 is 0 Å². The minimum atomic E-state index is -1.18. The molecule has 2 aromatic heterocycles. The predicted octanol–water partition coefficient (Wildman–Crippen LogP) is 1.47. The second-order valence-corrected chi connectivity index (χ2v) is 5.88. The van der Waals surface area contributed by atoms with Crippen molar-refractivity contribution in [2.24, 2.45) is 0 Å². The highest BCUT2D eigenvalue weighted by Gasteiger charge is 2.30. The summed E-state index contributed by atoms with van der Waals surface area (Å²) in [6.45, 7) is 4.95. The van der Waals surface area contributed by atoms with Gasteiger partial charge in [-0.05, 0) is 20.8 Å². The van der Waals surface area contributed by atoms with Crippen LogP contribution in [0.5, 0.6) is 5.75 Å². The van der Waals surface area contributed by atoms with Gasteiger partial charge in [-0.2, -0.15) is 4.98 Å². The molecule has 2 aromatic rings. The zero-order valence-corrected chi connectivity index (χ0v) is 15.3. The third-order valence-corrected chi connectivity index (χ3v) is 4.13. The van der Waals surface area contributed by atoms with E-state index in [9.17, 15) is 20.0 Å². The first-order valence-corrected chi connectivity index (χ1v) is 7.92. The monoisotopic (exact) mass is 376 g/mol. The summed E-state index contributed by atoms with van der Waals surface area (Å²) in [6, 6.07) is -1.13. The van der Waals surface area contributed by atoms with Crippen LogP contribution in [0.25, 0.3) is 0 Å². The first kappa shape index (κ1) is 19.8. The SMILES string of the molecule is COc1c(C)cnc(CN(c2nc(N)ncc2[N+](=O)[O-])[C@H](C)C(=O)O)c1C. The van der Waals surface area contributed by atoms with Crippen molar-refractivity contribution in [2.45, 2.75) is 33.4 Å². The lowest BCUT2D eigenvalue weighted by Crippen LogP contribution is -2.40. The number of ether oxygens (including phenoxy) is 1. The van der Waals surface area contributed by atoms with Gasteiger partial charge in [0.2, 0.25) is 11.8 Å². The second kappa shape index (κ2) is 7.81. The van der Waals surface area contributed by atoms with Crippen molar-refractivity contribution in [1.82, 2.24) is 15.0 Å². The van der Waals surface area contributed by atoms with Crippen LogP contribution in [-0.4, -0.2) is 44.1 Å². The van der Waals surface area contributed by atoms with Crippen molar-refractivity contribution < 1.29 is 19.6 Å². The number of nitro groups is 1. The molecular weight excluding hydrogens is 356 g/mol. The number of nitrogens with zero attached hydrogens (tertiary/aromatic N) is 5. The Morgan fingerprint density at radius 2 is 2.07 bits per heavy atom. The van der Waals surface area contributed by atoms with E-state index >= 15 is 0 Å². The lowest BCUT2D eigenvalue weighted by Gasteiger charge is -2.27. The van der Waals surface area contributed by atoms with Crippen molar-refractivity contribution in [1.29, 1.82) is 0 Å². The predicted molar refractivity (Wildman–Crippen MR) is 96.6 cm³/mol. The summed E-state index contributed by atoms with van der Waals surface area (Å²) in [5.41, 5.74) is 7.14. The summed E-state index contributed by atoms with van der Waals surface area (Å²) < 4.78 is 5.36. The number of carboxylic acid groups (broad SMARTS) is 1. The standard InChI is InChI=1S/C16H20N6O5/c1-8-5-18-11(9(2)13(8)27-4)7-21(10(3)15(23)24)14-12(22(25)26)6-19-16(17)20-14/h5-6,10H,7H2,1-4H3,(H,23,24)(H2,17,19,20)/t10-/m1/s1. The molecule has 0 saturated heterocycles. The van der Waals surface area contributed by atoms with Gasteiger partial charge >= 0.3 is 11.7 Å². The van der Waals surface area contributed by atoms with Crippen LogP contribution in [0.1, 0.15) is 23.7 Å². The molecule has 3 N–H and O–H groups in total. The van der Waals surface area contributed by atoms with Crippen LogP contribution in [0, 0.1) is 24.0 Å². The maximum atomic E-state index is 11.6. The van der Waals surface area contributed by atoms with Gasteiger partial charge in [0.15, 0.2) is 0 Å². The Kier molecular flexibility index (Phi) is 5.73. The molecule has 0 unspecified atom stereocenters. The minimum absolute atomic E-state index is 0.0484. The lowest BCUT2D eigenvalue weighted by molar-refractivity contribution is -0.384. The van der Waals surface area contributed by atoms with Crippen LogP contribution in [0.3, 0.4) is 0 Å². The van der Waals surface area contributed by atoms with E-state index in [1.54, 1.807) is 13.1 Å². The number of aliphatic carboxylic acids is 1. The number of carboxylic acids is 1. The van der Waals surface area contributed by atoms with Crippen molar-refractivity contribution in [3.8, 4) is 5.75 Å². The molecule has 0 spiro atoms. The molecule has 2 heterocycles. The van der Waals surface area contributed by atoms with Crippen molar-refractivity contribution >= 4 is 23.4 Å². The molecule has 0 radical (unpaired) electrons. The van der Waals surface area contributed by atoms with E-state index < -0.39 is 22.6 Å². The van der Waals surface area contributed by atoms with Crippen LogP contribution in [-0.2, 0) is 11.3 Å². The summed E-state index contributed by atoms with van der Waals surface area (Å²) in [5, 5.41) is 20.8. The Morgan fingerprint density at radius 1 is 1.41 bits per heavy atom. The number of nitrogens with two attached hydrogens (primary N) is 1. The molecule has 144 valence electrons. The molecule has 1 atom stereocenters. The number of nitrogen functional groups attached to an aromatic ring is 1. The fourth-order valence-corrected chi connectivity index (χ4v) is 2.64. The number of hydrogen-bond donors (Lipinski definition) is 2. The van der Waals surface area contributed by atoms with Gasteiger partial charge in [-0.1, -0.05) is 0 Å². The molecule has 0 fully saturated rings. The number of aryl methyl sites for hydroxylation is 1. The summed E-state index contributed by atoms with van der Waals surface area (Å²) >= 11 is 0. The van der Waals surface area contributed by atoms with E-state index in [1.807, 2.05) is 6.92 Å². The van der Waals surface area contributed by atoms with E-state index in [4.69, 9.17) is 10.5 Å². The van der Waals surface area contributed by atoms with Crippen LogP contribution in [0.15, 0.2) is 12.4 Å². The van der Waals surface area contributed by atoms with Crippen LogP contribution in [0.4, 0.5) is 17.5 Å². The van der Waals surface area contributed by atoms with Gasteiger partial charge in [0.1, 0.15) is 18.0 Å². The van der Waals surface area contributed by atoms with Crippen LogP contribution in [0.2, 0.25) is 0 Å². The maximum absolute atomic E-state index is 11.6. The highest BCUT2D eigenvalue weighted by atomic mass is 16.6. The molecule has 11 heteroatoms. The van der Waals surface area contributed by atoms with E-state index in [1.165, 1.54) is 18.9 Å². The fourth-order valence-electron chi connectivity index (χ4n) is 2.64. The highest BCUT2D eigenvalue weighted by molar-refractivity contribution is 5.78. The Balaban J connectivity index is 2.61. The number of pyridine rings is 1. The fraction of sp³-hybridized carbons (Fsp3) is 0.375. The van der Waals surface area contributed by atoms with E-state index in [0.717, 1.165) is 11.8 Å². The second-order valence-electron chi connectivity index (χ2n) is 5.88. The Hall–Kier alpha value is -3.50. The maximum Gasteiger partial charge on any atom is 0.329 e. The van der Waals surface area contributed by atoms with E-state index in [-0.39, 0.29) is 18.3 Å². The van der Waals surface area contributed by atoms with Gasteiger partial charge < -0.3 is 20.5 Å². The molecule has 0 aliphatic carbocycles. The average molecular weight is 376 g/mol. The number of rotatable bonds is 7. The number of hydrogen-bond acceptors (Lipinski definition) is 9. The molecule has 0 bridgehead atoms. The number of methoxy groups -OCH3 is 1. The molecule has 0 aromatic carbocycles. The largest absolute Gasteiger partial charge is 0.496 e. The Labute approximate surface area is 155 Å². The van der Waals surface area contributed by atoms with Gasteiger partial charge in [-0.15, -0.1) is 0 Å². The summed E-state index contributed by atoms with van der Waals surface area (Å²) in [5.74, 6) is -0.967. The number of aromatic nitrogens is 3. The number of anilines is 2. The lowest BCUT2D eigenvalue weighted by atomic mass is 10.1. The smallest absolute Gasteiger partial charge is 0.329 e. The Bertz CT molecular complexity index is 888. The molecule has 27 heavy (non-hydrogen) atoms. The first-order chi connectivity index (χ1) is 12.7. The third-order valence-electron chi connectivity index (χ3n) is 4.13. The summed E-state index contributed by atoms with van der Waals surface area (Å²) in [4.78, 5) is 35.4. The zero-order valence-electron chi connectivity index (χ0n) is 15.3. The summed E-state index contributed by atoms with van der Waals surface area (Å²) in [6.07, 6.45) is 2.54. The first-order valence-electron chi connectivity index (χ1n) is 7.92. The minimum Gasteiger partial charge on any atom is -0.496 e. The van der Waals surface area contributed by atoms with Gasteiger partial charge in [-0.3, -0.25) is 15.1 Å². The Morgan fingerprint density at radius 3 is 2.63 bits per heavy atom. The summed E-state index contributed by atoms with van der Waals surface area (Å²) in [7, 11) is 1.52. The highest BCUT2D eigenvalue weighted by Crippen LogP contribution is 2.31. The van der Waals surface area contributed by atoms with Gasteiger partial charge in [-0.25, -0.2) is 9.78 Å². The van der Waals surface area contributed by atoms with E-state index in [2.05, 4.69) is 15.0 Å². The molecule has 0 aliphatic heterocycles. The van der Waals surface area contributed by atoms with Gasteiger partial charge in [0.25, 0.3) is 0 Å². The molecule has 0 aliphatic rings. The third kappa shape index (κ3) is 4.02. The van der Waals surface area contributed by atoms with E-state index in [0.29, 0.717) is 17.0 Å². The number of carbonyl (C=O) groups is 1. The molecule has 0 amide bonds. The zero-order chi connectivity index (χ0) is 20.3. The quantitative estimate of drug-likeness (QED) is 0.535. The van der Waals surface area contributed by atoms with Gasteiger partial charge in [0, 0.05) is 17.3 Å². The van der Waals surface area contributed by atoms with Crippen LogP contribution < -0.4 is 15.4 Å². The van der Waals surface area contributed by atoms with Crippen molar-refractivity contribution in [3.63, 3.8) is 0 Å². The topological polar surface area (TPSA) is 158 Å². The van der Waals surface area contributed by atoms with Crippen molar-refractivity contribution in [3.05, 3.63) is 39.3 Å². The molecular formula is C16H20N6O5. The molecule has 0 saturated carbocycles. The normalized spacial score (nSPS) is 11.7. The molecule has 11 nitrogen and oxygen atoms in total.